The summed E-state index contributed by atoms with van der Waals surface area (Å²) >= 11 is 0. The molecule has 0 saturated heterocycles. The fourth-order valence-corrected chi connectivity index (χ4v) is 4.28. The Kier molecular flexibility index (Phi) is 4.84. The monoisotopic (exact) mass is 359 g/mol. The third-order valence-corrected chi connectivity index (χ3v) is 6.09. The first-order valence-corrected chi connectivity index (χ1v) is 10.5. The molecular weight excluding hydrogens is 334 g/mol. The summed E-state index contributed by atoms with van der Waals surface area (Å²) in [6.45, 7) is 3.95. The van der Waals surface area contributed by atoms with Gasteiger partial charge in [-0.05, 0) is 61.4 Å². The Morgan fingerprint density at radius 3 is 2.64 bits per heavy atom. The number of nitrogens with one attached hydrogen (secondary N) is 1. The number of aliphatic hydroxyl groups is 1. The van der Waals surface area contributed by atoms with Gasteiger partial charge in [-0.2, -0.15) is 0 Å². The van der Waals surface area contributed by atoms with Crippen molar-refractivity contribution in [1.82, 2.24) is 9.55 Å². The van der Waals surface area contributed by atoms with E-state index in [4.69, 9.17) is 4.78 Å². The minimum Gasteiger partial charge on any atom is -0.393 e. The summed E-state index contributed by atoms with van der Waals surface area (Å²) in [6, 6.07) is 5.79. The lowest BCUT2D eigenvalue weighted by atomic mass is 9.85. The molecule has 0 bridgehead atoms. The maximum Gasteiger partial charge on any atom is 0.135 e. The van der Waals surface area contributed by atoms with Gasteiger partial charge in [0.15, 0.2) is 0 Å². The molecule has 0 aliphatic heterocycles. The van der Waals surface area contributed by atoms with Crippen molar-refractivity contribution < 1.29 is 9.32 Å². The molecule has 3 rings (SSSR count). The van der Waals surface area contributed by atoms with Gasteiger partial charge in [-0.25, -0.2) is 14.0 Å². The summed E-state index contributed by atoms with van der Waals surface area (Å²) < 4.78 is 22.0. The summed E-state index contributed by atoms with van der Waals surface area (Å²) in [5.41, 5.74) is 4.16. The molecule has 5 nitrogen and oxygen atoms in total. The Hall–Kier alpha value is -1.92. The van der Waals surface area contributed by atoms with Gasteiger partial charge < -0.3 is 9.67 Å². The van der Waals surface area contributed by atoms with E-state index in [-0.39, 0.29) is 6.10 Å². The van der Waals surface area contributed by atoms with E-state index in [1.165, 1.54) is 11.9 Å². The molecule has 0 amide bonds. The maximum atomic E-state index is 12.0. The van der Waals surface area contributed by atoms with Gasteiger partial charge in [-0.3, -0.25) is 0 Å². The lowest BCUT2D eigenvalue weighted by Crippen LogP contribution is -2.18. The Labute approximate surface area is 149 Å². The van der Waals surface area contributed by atoms with Crippen molar-refractivity contribution in [2.24, 2.45) is 7.05 Å². The molecule has 0 spiro atoms. The summed E-state index contributed by atoms with van der Waals surface area (Å²) in [5.74, 6) is 0.425. The van der Waals surface area contributed by atoms with Crippen molar-refractivity contribution in [3.8, 4) is 11.1 Å². The number of aromatic nitrogens is 2. The van der Waals surface area contributed by atoms with Crippen molar-refractivity contribution in [3.63, 3.8) is 0 Å². The highest BCUT2D eigenvalue weighted by atomic mass is 32.2. The maximum absolute atomic E-state index is 12.0. The first kappa shape index (κ1) is 17.9. The average Bonchev–Trinajstić information content (AvgIpc) is 2.91. The third-order valence-electron chi connectivity index (χ3n) is 5.07. The van der Waals surface area contributed by atoms with Crippen molar-refractivity contribution in [2.45, 2.75) is 42.7 Å². The predicted octanol–water partition coefficient (Wildman–Crippen LogP) is 3.78. The topological polar surface area (TPSA) is 79.0 Å². The first-order chi connectivity index (χ1) is 11.8. The number of aliphatic hydroxyl groups excluding tert-OH is 1. The summed E-state index contributed by atoms with van der Waals surface area (Å²) in [5, 5.41) is 10.1. The number of hydrogen-bond donors (Lipinski definition) is 2. The second-order valence-corrected chi connectivity index (χ2v) is 8.97. The molecule has 134 valence electrons. The largest absolute Gasteiger partial charge is 0.393 e. The summed E-state index contributed by atoms with van der Waals surface area (Å²) in [6.07, 6.45) is 8.29. The van der Waals surface area contributed by atoms with E-state index in [9.17, 15) is 9.32 Å². The van der Waals surface area contributed by atoms with Crippen LogP contribution in [0.4, 0.5) is 0 Å². The molecule has 1 fully saturated rings. The fourth-order valence-electron chi connectivity index (χ4n) is 3.67. The van der Waals surface area contributed by atoms with Gasteiger partial charge in [0, 0.05) is 36.5 Å². The SMILES string of the molecule is C=Cc1c(-c2ccnc([S@@](C)(=N)=O)c2)cc(C2CCC(O)CC2)n1C. The van der Waals surface area contributed by atoms with E-state index in [1.54, 1.807) is 12.3 Å². The third kappa shape index (κ3) is 3.55. The summed E-state index contributed by atoms with van der Waals surface area (Å²) in [4.78, 5) is 4.10. The molecule has 1 aliphatic carbocycles. The minimum absolute atomic E-state index is 0.174. The van der Waals surface area contributed by atoms with Gasteiger partial charge in [-0.1, -0.05) is 6.58 Å². The van der Waals surface area contributed by atoms with Crippen molar-refractivity contribution in [2.75, 3.05) is 6.26 Å². The number of nitrogens with zero attached hydrogens (tertiary/aromatic N) is 2. The normalized spacial score (nSPS) is 23.2. The zero-order valence-corrected chi connectivity index (χ0v) is 15.6. The molecule has 1 atom stereocenters. The molecule has 0 aromatic carbocycles. The Morgan fingerprint density at radius 2 is 2.04 bits per heavy atom. The standard InChI is InChI=1S/C19H25N3O2S/c1-4-17-16(14-9-10-21-19(11-14)25(3,20)24)12-18(22(17)2)13-5-7-15(23)8-6-13/h4,9-13,15,20,23H,1,5-8H2,2-3H3/t13?,15?,25-/m0/s1. The van der Waals surface area contributed by atoms with Crippen LogP contribution in [0.25, 0.3) is 17.2 Å². The van der Waals surface area contributed by atoms with Crippen LogP contribution in [0.1, 0.15) is 43.0 Å². The first-order valence-electron chi connectivity index (χ1n) is 8.51. The number of rotatable bonds is 4. The smallest absolute Gasteiger partial charge is 0.135 e. The Morgan fingerprint density at radius 1 is 1.36 bits per heavy atom. The second kappa shape index (κ2) is 6.77. The van der Waals surface area contributed by atoms with E-state index in [0.29, 0.717) is 10.9 Å². The molecular formula is C19H25N3O2S. The highest BCUT2D eigenvalue weighted by molar-refractivity contribution is 7.91. The van der Waals surface area contributed by atoms with E-state index in [1.807, 2.05) is 19.2 Å². The van der Waals surface area contributed by atoms with Crippen LogP contribution in [-0.2, 0) is 16.8 Å². The van der Waals surface area contributed by atoms with Gasteiger partial charge in [0.25, 0.3) is 0 Å². The molecule has 1 saturated carbocycles. The number of hydrogen-bond acceptors (Lipinski definition) is 4. The predicted molar refractivity (Wildman–Crippen MR) is 101 cm³/mol. The molecule has 1 aliphatic rings. The summed E-state index contributed by atoms with van der Waals surface area (Å²) in [7, 11) is -0.816. The lowest BCUT2D eigenvalue weighted by molar-refractivity contribution is 0.121. The molecule has 2 heterocycles. The molecule has 0 radical (unpaired) electrons. The zero-order valence-electron chi connectivity index (χ0n) is 14.7. The molecule has 2 aromatic heterocycles. The molecule has 2 N–H and O–H groups in total. The van der Waals surface area contributed by atoms with Crippen LogP contribution in [0.5, 0.6) is 0 Å². The van der Waals surface area contributed by atoms with Gasteiger partial charge in [0.05, 0.1) is 15.8 Å². The molecule has 6 heteroatoms. The van der Waals surface area contributed by atoms with Crippen molar-refractivity contribution in [1.29, 1.82) is 4.78 Å². The zero-order chi connectivity index (χ0) is 18.2. The van der Waals surface area contributed by atoms with Crippen molar-refractivity contribution >= 4 is 15.8 Å². The average molecular weight is 359 g/mol. The van der Waals surface area contributed by atoms with Gasteiger partial charge in [0.1, 0.15) is 5.03 Å². The van der Waals surface area contributed by atoms with Crippen LogP contribution < -0.4 is 0 Å². The Bertz CT molecular complexity index is 891. The van der Waals surface area contributed by atoms with Crippen LogP contribution in [0.3, 0.4) is 0 Å². The van der Waals surface area contributed by atoms with E-state index >= 15 is 0 Å². The Balaban J connectivity index is 2.05. The van der Waals surface area contributed by atoms with Gasteiger partial charge >= 0.3 is 0 Å². The van der Waals surface area contributed by atoms with E-state index < -0.39 is 9.73 Å². The molecule has 0 unspecified atom stereocenters. The van der Waals surface area contributed by atoms with Gasteiger partial charge in [-0.15, -0.1) is 0 Å². The van der Waals surface area contributed by atoms with Crippen LogP contribution in [-0.4, -0.2) is 31.2 Å². The lowest BCUT2D eigenvalue weighted by Gasteiger charge is -2.26. The van der Waals surface area contributed by atoms with Crippen LogP contribution in [0.15, 0.2) is 36.0 Å². The molecule has 25 heavy (non-hydrogen) atoms. The second-order valence-electron chi connectivity index (χ2n) is 6.86. The van der Waals surface area contributed by atoms with Crippen LogP contribution >= 0.6 is 0 Å². The highest BCUT2D eigenvalue weighted by Crippen LogP contribution is 2.38. The fraction of sp³-hybridized carbons (Fsp3) is 0.421. The van der Waals surface area contributed by atoms with Crippen LogP contribution in [0, 0.1) is 4.78 Å². The number of pyridine rings is 1. The quantitative estimate of drug-likeness (QED) is 0.872. The minimum atomic E-state index is -2.85. The van der Waals surface area contributed by atoms with Gasteiger partial charge in [0.2, 0.25) is 0 Å². The van der Waals surface area contributed by atoms with Crippen LogP contribution in [0.2, 0.25) is 0 Å². The molecule has 2 aromatic rings. The highest BCUT2D eigenvalue weighted by Gasteiger charge is 2.25. The van der Waals surface area contributed by atoms with Crippen molar-refractivity contribution in [3.05, 3.63) is 42.4 Å². The van der Waals surface area contributed by atoms with E-state index in [2.05, 4.69) is 22.2 Å². The van der Waals surface area contributed by atoms with E-state index in [0.717, 1.165) is 42.5 Å².